The first-order valence-corrected chi connectivity index (χ1v) is 5.26. The van der Waals surface area contributed by atoms with E-state index in [0.29, 0.717) is 11.1 Å². The van der Waals surface area contributed by atoms with Crippen molar-refractivity contribution in [3.05, 3.63) is 62.2 Å². The van der Waals surface area contributed by atoms with Crippen molar-refractivity contribution in [1.29, 1.82) is 5.26 Å². The summed E-state index contributed by atoms with van der Waals surface area (Å²) in [5.74, 6) is 0. The molecule has 90 valence electrons. The Morgan fingerprint density at radius 1 is 1.50 bits per heavy atom. The molecule has 0 atom stereocenters. The number of aromatic nitrogens is 3. The topological polar surface area (TPSA) is 91.5 Å². The number of nitrogens with one attached hydrogen (secondary N) is 1. The van der Waals surface area contributed by atoms with Crippen LogP contribution in [0.3, 0.4) is 0 Å². The Hall–Kier alpha value is -2.68. The number of nitriles is 1. The van der Waals surface area contributed by atoms with E-state index in [0.717, 1.165) is 0 Å². The highest BCUT2D eigenvalue weighted by atomic mass is 16.2. The van der Waals surface area contributed by atoms with Crippen LogP contribution in [0.5, 0.6) is 0 Å². The van der Waals surface area contributed by atoms with Crippen LogP contribution in [0, 0.1) is 18.3 Å². The fourth-order valence-corrected chi connectivity index (χ4v) is 1.59. The first kappa shape index (κ1) is 11.8. The summed E-state index contributed by atoms with van der Waals surface area (Å²) in [5.41, 5.74) is 0.445. The van der Waals surface area contributed by atoms with E-state index < -0.39 is 11.2 Å². The van der Waals surface area contributed by atoms with Crippen molar-refractivity contribution in [3.63, 3.8) is 0 Å². The van der Waals surface area contributed by atoms with Gasteiger partial charge in [0.15, 0.2) is 0 Å². The lowest BCUT2D eigenvalue weighted by atomic mass is 10.2. The van der Waals surface area contributed by atoms with E-state index in [9.17, 15) is 9.59 Å². The minimum absolute atomic E-state index is 0.202. The summed E-state index contributed by atoms with van der Waals surface area (Å²) < 4.78 is 1.34. The van der Waals surface area contributed by atoms with Gasteiger partial charge in [0.2, 0.25) is 0 Å². The lowest BCUT2D eigenvalue weighted by Gasteiger charge is -2.06. The van der Waals surface area contributed by atoms with Crippen LogP contribution in [0.15, 0.2) is 34.1 Å². The number of aromatic amines is 1. The highest BCUT2D eigenvalue weighted by Crippen LogP contribution is 2.05. The van der Waals surface area contributed by atoms with Crippen LogP contribution in [-0.4, -0.2) is 14.5 Å². The molecule has 0 saturated heterocycles. The molecule has 0 amide bonds. The highest BCUT2D eigenvalue weighted by molar-refractivity contribution is 5.30. The summed E-state index contributed by atoms with van der Waals surface area (Å²) in [6.07, 6.45) is 2.98. The van der Waals surface area contributed by atoms with E-state index in [2.05, 4.69) is 9.97 Å². The van der Waals surface area contributed by atoms with Gasteiger partial charge in [0.1, 0.15) is 11.8 Å². The fourth-order valence-electron chi connectivity index (χ4n) is 1.59. The molecule has 2 aromatic rings. The Bertz CT molecular complexity index is 737. The van der Waals surface area contributed by atoms with Gasteiger partial charge in [-0.1, -0.05) is 6.07 Å². The van der Waals surface area contributed by atoms with Crippen LogP contribution in [-0.2, 0) is 6.54 Å². The molecule has 0 spiro atoms. The number of H-pyrrole nitrogens is 1. The maximum Gasteiger partial charge on any atom is 0.328 e. The standard InChI is InChI=1S/C12H10N4O2/c1-8-6-16(12(18)15-11(8)17)7-9-3-2-4-14-10(9)5-13/h2-4,6H,7H2,1H3,(H,15,17,18). The maximum atomic E-state index is 11.6. The molecule has 18 heavy (non-hydrogen) atoms. The molecule has 6 heteroatoms. The van der Waals surface area contributed by atoms with Crippen LogP contribution < -0.4 is 11.2 Å². The lowest BCUT2D eigenvalue weighted by molar-refractivity contribution is 0.710. The third-order valence-electron chi connectivity index (χ3n) is 2.53. The van der Waals surface area contributed by atoms with Gasteiger partial charge in [-0.15, -0.1) is 0 Å². The van der Waals surface area contributed by atoms with E-state index in [-0.39, 0.29) is 12.2 Å². The second-order valence-corrected chi connectivity index (χ2v) is 3.82. The van der Waals surface area contributed by atoms with Gasteiger partial charge in [0, 0.05) is 23.5 Å². The van der Waals surface area contributed by atoms with Gasteiger partial charge in [-0.2, -0.15) is 5.26 Å². The SMILES string of the molecule is Cc1cn(Cc2cccnc2C#N)c(=O)[nH]c1=O. The van der Waals surface area contributed by atoms with E-state index in [1.54, 1.807) is 19.1 Å². The quantitative estimate of drug-likeness (QED) is 0.812. The smallest absolute Gasteiger partial charge is 0.296 e. The largest absolute Gasteiger partial charge is 0.328 e. The Morgan fingerprint density at radius 3 is 3.00 bits per heavy atom. The molecule has 2 aromatic heterocycles. The van der Waals surface area contributed by atoms with Crippen molar-refractivity contribution in [2.24, 2.45) is 0 Å². The predicted molar refractivity (Wildman–Crippen MR) is 64.1 cm³/mol. The molecule has 0 aromatic carbocycles. The summed E-state index contributed by atoms with van der Waals surface area (Å²) in [7, 11) is 0. The average molecular weight is 242 g/mol. The van der Waals surface area contributed by atoms with Crippen molar-refractivity contribution >= 4 is 0 Å². The predicted octanol–water partition coefficient (Wildman–Crippen LogP) is 0.160. The van der Waals surface area contributed by atoms with Crippen molar-refractivity contribution < 1.29 is 0 Å². The summed E-state index contributed by atoms with van der Waals surface area (Å²) in [5, 5.41) is 8.91. The zero-order valence-electron chi connectivity index (χ0n) is 9.67. The second-order valence-electron chi connectivity index (χ2n) is 3.82. The number of pyridine rings is 1. The van der Waals surface area contributed by atoms with E-state index in [4.69, 9.17) is 5.26 Å². The van der Waals surface area contributed by atoms with Gasteiger partial charge in [-0.3, -0.25) is 14.3 Å². The second kappa shape index (κ2) is 4.67. The molecule has 2 heterocycles. The minimum atomic E-state index is -0.502. The minimum Gasteiger partial charge on any atom is -0.296 e. The first-order valence-electron chi connectivity index (χ1n) is 5.26. The van der Waals surface area contributed by atoms with E-state index in [1.165, 1.54) is 17.0 Å². The van der Waals surface area contributed by atoms with Gasteiger partial charge >= 0.3 is 5.69 Å². The van der Waals surface area contributed by atoms with Gasteiger partial charge in [0.05, 0.1) is 6.54 Å². The normalized spacial score (nSPS) is 10.0. The molecule has 0 saturated carbocycles. The monoisotopic (exact) mass is 242 g/mol. The number of aryl methyl sites for hydroxylation is 1. The van der Waals surface area contributed by atoms with E-state index >= 15 is 0 Å². The highest BCUT2D eigenvalue weighted by Gasteiger charge is 2.06. The zero-order valence-corrected chi connectivity index (χ0v) is 9.67. The molecule has 0 aliphatic carbocycles. The maximum absolute atomic E-state index is 11.6. The van der Waals surface area contributed by atoms with Crippen LogP contribution in [0.4, 0.5) is 0 Å². The molecule has 0 aliphatic rings. The van der Waals surface area contributed by atoms with Gasteiger partial charge in [-0.25, -0.2) is 9.78 Å². The van der Waals surface area contributed by atoms with Crippen LogP contribution in [0.2, 0.25) is 0 Å². The number of hydrogen-bond donors (Lipinski definition) is 1. The first-order chi connectivity index (χ1) is 8.61. The molecule has 0 unspecified atom stereocenters. The molecule has 2 rings (SSSR count). The third-order valence-corrected chi connectivity index (χ3v) is 2.53. The molecule has 1 N–H and O–H groups in total. The molecule has 0 aliphatic heterocycles. The summed E-state index contributed by atoms with van der Waals surface area (Å²) in [4.78, 5) is 29.0. The van der Waals surface area contributed by atoms with E-state index in [1.807, 2.05) is 6.07 Å². The Labute approximate surface area is 102 Å². The molecule has 6 nitrogen and oxygen atoms in total. The number of rotatable bonds is 2. The van der Waals surface area contributed by atoms with Gasteiger partial charge in [0.25, 0.3) is 5.56 Å². The zero-order chi connectivity index (χ0) is 13.1. The summed E-state index contributed by atoms with van der Waals surface area (Å²) in [6, 6.07) is 5.38. The number of nitrogens with zero attached hydrogens (tertiary/aromatic N) is 3. The molecular weight excluding hydrogens is 232 g/mol. The van der Waals surface area contributed by atoms with Crippen molar-refractivity contribution in [3.8, 4) is 6.07 Å². The third kappa shape index (κ3) is 2.20. The molecular formula is C12H10N4O2. The summed E-state index contributed by atoms with van der Waals surface area (Å²) in [6.45, 7) is 1.82. The molecule has 0 radical (unpaired) electrons. The fraction of sp³-hybridized carbons (Fsp3) is 0.167. The van der Waals surface area contributed by atoms with Gasteiger partial charge in [-0.05, 0) is 13.0 Å². The molecule has 0 fully saturated rings. The van der Waals surface area contributed by atoms with Crippen LogP contribution in [0.1, 0.15) is 16.8 Å². The Balaban J connectivity index is 2.47. The van der Waals surface area contributed by atoms with Crippen molar-refractivity contribution in [2.75, 3.05) is 0 Å². The lowest BCUT2D eigenvalue weighted by Crippen LogP contribution is -2.31. The Kier molecular flexibility index (Phi) is 3.06. The van der Waals surface area contributed by atoms with Crippen molar-refractivity contribution in [1.82, 2.24) is 14.5 Å². The number of hydrogen-bond acceptors (Lipinski definition) is 4. The Morgan fingerprint density at radius 2 is 2.28 bits per heavy atom. The van der Waals surface area contributed by atoms with Crippen molar-refractivity contribution in [2.45, 2.75) is 13.5 Å². The average Bonchev–Trinajstić information content (AvgIpc) is 2.36. The van der Waals surface area contributed by atoms with Crippen LogP contribution in [0.25, 0.3) is 0 Å². The van der Waals surface area contributed by atoms with Gasteiger partial charge < -0.3 is 0 Å². The van der Waals surface area contributed by atoms with Crippen LogP contribution >= 0.6 is 0 Å². The molecule has 0 bridgehead atoms. The summed E-state index contributed by atoms with van der Waals surface area (Å²) >= 11 is 0.